The van der Waals surface area contributed by atoms with Crippen LogP contribution in [0.5, 0.6) is 5.75 Å². The largest absolute Gasteiger partial charge is 0.497 e. The third-order valence-electron chi connectivity index (χ3n) is 4.99. The van der Waals surface area contributed by atoms with Crippen LogP contribution in [0.4, 0.5) is 23.0 Å². The quantitative estimate of drug-likeness (QED) is 0.236. The fourth-order valence-electron chi connectivity index (χ4n) is 3.31. The van der Waals surface area contributed by atoms with Gasteiger partial charge in [0.25, 0.3) is 10.0 Å². The van der Waals surface area contributed by atoms with Crippen molar-refractivity contribution in [3.8, 4) is 5.75 Å². The third-order valence-corrected chi connectivity index (χ3v) is 7.02. The van der Waals surface area contributed by atoms with E-state index >= 15 is 0 Å². The van der Waals surface area contributed by atoms with Gasteiger partial charge in [-0.15, -0.1) is 0 Å². The molecule has 1 heterocycles. The Balaban J connectivity index is 1.72. The zero-order chi connectivity index (χ0) is 25.7. The minimum absolute atomic E-state index is 0.00745. The number of fused-ring (bicyclic) bond motifs is 1. The maximum absolute atomic E-state index is 13.3. The number of anilines is 4. The van der Waals surface area contributed by atoms with Crippen molar-refractivity contribution >= 4 is 65.9 Å². The number of sulfonamides is 1. The summed E-state index contributed by atoms with van der Waals surface area (Å²) in [7, 11) is -0.889. The number of carbonyl (C=O) groups is 1. The first-order chi connectivity index (χ1) is 17.3. The van der Waals surface area contributed by atoms with E-state index in [1.54, 1.807) is 62.7 Å². The van der Waals surface area contributed by atoms with Gasteiger partial charge >= 0.3 is 0 Å². The molecule has 0 radical (unpaired) electrons. The number of rotatable bonds is 9. The van der Waals surface area contributed by atoms with E-state index in [-0.39, 0.29) is 29.0 Å². The molecule has 0 aliphatic rings. The number of methoxy groups -OCH3 is 1. The van der Waals surface area contributed by atoms with Gasteiger partial charge < -0.3 is 20.7 Å². The first kappa shape index (κ1) is 25.4. The normalized spacial score (nSPS) is 11.2. The van der Waals surface area contributed by atoms with Gasteiger partial charge in [0.1, 0.15) is 5.75 Å². The Hall–Kier alpha value is -3.74. The lowest BCUT2D eigenvalue weighted by Crippen LogP contribution is -2.25. The topological polar surface area (TPSA) is 134 Å². The summed E-state index contributed by atoms with van der Waals surface area (Å²) in [5.74, 6) is 0.516. The molecule has 0 bridgehead atoms. The zero-order valence-electron chi connectivity index (χ0n) is 19.4. The molecular weight excluding hydrogens is 548 g/mol. The maximum atomic E-state index is 13.3. The van der Waals surface area contributed by atoms with Crippen LogP contribution in [0.2, 0.25) is 0 Å². The zero-order valence-corrected chi connectivity index (χ0v) is 21.8. The van der Waals surface area contributed by atoms with Gasteiger partial charge in [-0.3, -0.25) is 9.52 Å². The van der Waals surface area contributed by atoms with Gasteiger partial charge in [0.05, 0.1) is 35.3 Å². The van der Waals surface area contributed by atoms with E-state index in [2.05, 4.69) is 46.6 Å². The van der Waals surface area contributed by atoms with E-state index in [1.165, 1.54) is 12.1 Å². The van der Waals surface area contributed by atoms with Crippen LogP contribution in [0, 0.1) is 0 Å². The van der Waals surface area contributed by atoms with Crippen molar-refractivity contribution in [3.05, 3.63) is 71.2 Å². The number of para-hydroxylation sites is 2. The van der Waals surface area contributed by atoms with Crippen LogP contribution >= 0.6 is 15.9 Å². The van der Waals surface area contributed by atoms with Crippen molar-refractivity contribution in [1.82, 2.24) is 15.3 Å². The summed E-state index contributed by atoms with van der Waals surface area (Å²) < 4.78 is 35.2. The van der Waals surface area contributed by atoms with Crippen LogP contribution in [0.1, 0.15) is 0 Å². The van der Waals surface area contributed by atoms with Crippen molar-refractivity contribution in [2.75, 3.05) is 36.1 Å². The second-order valence-electron chi connectivity index (χ2n) is 7.59. The highest BCUT2D eigenvalue weighted by Gasteiger charge is 2.20. The van der Waals surface area contributed by atoms with E-state index in [0.717, 1.165) is 4.47 Å². The highest BCUT2D eigenvalue weighted by Crippen LogP contribution is 2.33. The minimum Gasteiger partial charge on any atom is -0.497 e. The summed E-state index contributed by atoms with van der Waals surface area (Å²) in [6.07, 6.45) is 0. The van der Waals surface area contributed by atoms with Crippen LogP contribution in [-0.2, 0) is 14.8 Å². The average molecular weight is 571 g/mol. The summed E-state index contributed by atoms with van der Waals surface area (Å²) in [5, 5.41) is 8.54. The number of carbonyl (C=O) groups excluding carboxylic acids is 1. The third kappa shape index (κ3) is 5.90. The van der Waals surface area contributed by atoms with Crippen molar-refractivity contribution < 1.29 is 17.9 Å². The molecule has 0 saturated heterocycles. The second-order valence-corrected chi connectivity index (χ2v) is 10.1. The van der Waals surface area contributed by atoms with Crippen LogP contribution < -0.4 is 25.4 Å². The van der Waals surface area contributed by atoms with Gasteiger partial charge in [-0.05, 0) is 65.4 Å². The number of benzene rings is 3. The summed E-state index contributed by atoms with van der Waals surface area (Å²) in [6, 6.07) is 18.4. The Labute approximate surface area is 216 Å². The molecule has 4 aromatic rings. The molecule has 0 aliphatic carbocycles. The number of halogens is 1. The number of hydrogen-bond acceptors (Lipinski definition) is 8. The predicted molar refractivity (Wildman–Crippen MR) is 143 cm³/mol. The van der Waals surface area contributed by atoms with Crippen LogP contribution in [-0.4, -0.2) is 45.0 Å². The Bertz CT molecular complexity index is 1530. The van der Waals surface area contributed by atoms with Crippen molar-refractivity contribution in [2.45, 2.75) is 4.90 Å². The van der Waals surface area contributed by atoms with E-state index in [1.807, 2.05) is 6.07 Å². The number of hydrogen-bond donors (Lipinski definition) is 4. The van der Waals surface area contributed by atoms with Gasteiger partial charge in [0.15, 0.2) is 11.6 Å². The molecule has 0 saturated carbocycles. The molecule has 4 rings (SSSR count). The number of amides is 1. The lowest BCUT2D eigenvalue weighted by Gasteiger charge is -2.15. The number of aromatic nitrogens is 2. The van der Waals surface area contributed by atoms with Gasteiger partial charge in [-0.2, -0.15) is 0 Å². The Kier molecular flexibility index (Phi) is 7.67. The van der Waals surface area contributed by atoms with Gasteiger partial charge in [0.2, 0.25) is 5.91 Å². The number of likely N-dealkylation sites (N-methyl/N-ethyl adjacent to an activating group) is 1. The molecule has 0 spiro atoms. The van der Waals surface area contributed by atoms with Crippen molar-refractivity contribution in [1.29, 1.82) is 0 Å². The molecule has 0 unspecified atom stereocenters. The van der Waals surface area contributed by atoms with E-state index in [0.29, 0.717) is 28.2 Å². The smallest absolute Gasteiger partial charge is 0.263 e. The number of ether oxygens (including phenoxy) is 1. The summed E-state index contributed by atoms with van der Waals surface area (Å²) in [6.45, 7) is 0.0940. The van der Waals surface area contributed by atoms with E-state index in [4.69, 9.17) is 4.74 Å². The lowest BCUT2D eigenvalue weighted by molar-refractivity contribution is -0.115. The predicted octanol–water partition coefficient (Wildman–Crippen LogP) is 4.10. The van der Waals surface area contributed by atoms with Gasteiger partial charge in [0, 0.05) is 16.2 Å². The minimum atomic E-state index is -4.09. The van der Waals surface area contributed by atoms with Crippen molar-refractivity contribution in [2.24, 2.45) is 0 Å². The summed E-state index contributed by atoms with van der Waals surface area (Å²) in [4.78, 5) is 21.0. The molecule has 0 aliphatic heterocycles. The van der Waals surface area contributed by atoms with Crippen LogP contribution in [0.15, 0.2) is 76.1 Å². The van der Waals surface area contributed by atoms with Crippen molar-refractivity contribution in [3.63, 3.8) is 0 Å². The maximum Gasteiger partial charge on any atom is 0.263 e. The Morgan fingerprint density at radius 1 is 0.972 bits per heavy atom. The number of nitrogens with zero attached hydrogens (tertiary/aromatic N) is 2. The summed E-state index contributed by atoms with van der Waals surface area (Å²) in [5.41, 5.74) is 2.05. The fraction of sp³-hybridized carbons (Fsp3) is 0.125. The molecular formula is C24H23BrN6O4S. The van der Waals surface area contributed by atoms with E-state index in [9.17, 15) is 13.2 Å². The van der Waals surface area contributed by atoms with Gasteiger partial charge in [-0.1, -0.05) is 18.2 Å². The van der Waals surface area contributed by atoms with Gasteiger partial charge in [-0.25, -0.2) is 18.4 Å². The average Bonchev–Trinajstić information content (AvgIpc) is 2.86. The Morgan fingerprint density at radius 3 is 2.39 bits per heavy atom. The molecule has 186 valence electrons. The molecule has 0 atom stereocenters. The monoisotopic (exact) mass is 570 g/mol. The standard InChI is InChI=1S/C24H23BrN6O4S/c1-26-14-22(32)27-15-6-5-7-17(12-15)36(33,34)31-24-23(28-19-8-3-4-9-20(19)29-24)30-21-13-16(35-2)10-11-18(21)25/h3-13,26H,14H2,1-2H3,(H,27,32)(H,28,30)(H,29,31). The molecule has 4 N–H and O–H groups in total. The first-order valence-corrected chi connectivity index (χ1v) is 13.0. The highest BCUT2D eigenvalue weighted by atomic mass is 79.9. The van der Waals surface area contributed by atoms with E-state index < -0.39 is 10.0 Å². The molecule has 12 heteroatoms. The molecule has 1 aromatic heterocycles. The lowest BCUT2D eigenvalue weighted by atomic mass is 10.3. The molecule has 3 aromatic carbocycles. The second kappa shape index (κ2) is 10.9. The highest BCUT2D eigenvalue weighted by molar-refractivity contribution is 9.10. The first-order valence-electron chi connectivity index (χ1n) is 10.7. The fourth-order valence-corrected chi connectivity index (χ4v) is 4.71. The molecule has 1 amide bonds. The summed E-state index contributed by atoms with van der Waals surface area (Å²) >= 11 is 3.48. The SMILES string of the molecule is CNCC(=O)Nc1cccc(S(=O)(=O)Nc2nc3ccccc3nc2Nc2cc(OC)ccc2Br)c1. The molecule has 10 nitrogen and oxygen atoms in total. The number of nitrogens with one attached hydrogen (secondary N) is 4. The molecule has 0 fully saturated rings. The molecule has 36 heavy (non-hydrogen) atoms. The van der Waals surface area contributed by atoms with Crippen LogP contribution in [0.3, 0.4) is 0 Å². The Morgan fingerprint density at radius 2 is 1.69 bits per heavy atom. The van der Waals surface area contributed by atoms with Crippen LogP contribution in [0.25, 0.3) is 11.0 Å².